The molecular weight excluding hydrogens is 361 g/mol. The lowest BCUT2D eigenvalue weighted by atomic mass is 9.93. The van der Waals surface area contributed by atoms with Crippen molar-refractivity contribution in [3.8, 4) is 0 Å². The Morgan fingerprint density at radius 1 is 1.04 bits per heavy atom. The Balaban J connectivity index is 0.00000156. The molecule has 2 N–H and O–H groups in total. The SMILES string of the molecule is Cl.Cl.O=C(CCC1CCNCC1)NC1CCN(CC2CCOC2)CC1. The second-order valence-corrected chi connectivity index (χ2v) is 7.60. The number of rotatable bonds is 6. The van der Waals surface area contributed by atoms with Gasteiger partial charge in [0.2, 0.25) is 5.91 Å². The van der Waals surface area contributed by atoms with Gasteiger partial charge in [-0.15, -0.1) is 24.8 Å². The van der Waals surface area contributed by atoms with Gasteiger partial charge in [0.05, 0.1) is 6.61 Å². The highest BCUT2D eigenvalue weighted by Gasteiger charge is 2.24. The summed E-state index contributed by atoms with van der Waals surface area (Å²) in [5, 5.41) is 6.65. The van der Waals surface area contributed by atoms with Gasteiger partial charge in [0.1, 0.15) is 0 Å². The zero-order chi connectivity index (χ0) is 15.9. The van der Waals surface area contributed by atoms with Gasteiger partial charge >= 0.3 is 0 Å². The number of carbonyl (C=O) groups is 1. The van der Waals surface area contributed by atoms with Gasteiger partial charge in [0, 0.05) is 38.7 Å². The van der Waals surface area contributed by atoms with Crippen molar-refractivity contribution in [2.75, 3.05) is 45.9 Å². The summed E-state index contributed by atoms with van der Waals surface area (Å²) in [6.07, 6.45) is 7.66. The number of hydrogen-bond donors (Lipinski definition) is 2. The van der Waals surface area contributed by atoms with Crippen LogP contribution >= 0.6 is 24.8 Å². The Bertz CT molecular complexity index is 367. The van der Waals surface area contributed by atoms with Crippen LogP contribution in [-0.2, 0) is 9.53 Å². The van der Waals surface area contributed by atoms with E-state index in [-0.39, 0.29) is 30.7 Å². The van der Waals surface area contributed by atoms with Crippen LogP contribution in [0.2, 0.25) is 0 Å². The van der Waals surface area contributed by atoms with E-state index in [1.807, 2.05) is 0 Å². The van der Waals surface area contributed by atoms with Crippen LogP contribution in [0, 0.1) is 11.8 Å². The molecule has 3 fully saturated rings. The van der Waals surface area contributed by atoms with Gasteiger partial charge in [-0.05, 0) is 63.5 Å². The number of likely N-dealkylation sites (tertiary alicyclic amines) is 1. The highest BCUT2D eigenvalue weighted by atomic mass is 35.5. The first-order chi connectivity index (χ1) is 11.3. The van der Waals surface area contributed by atoms with E-state index in [2.05, 4.69) is 15.5 Å². The first-order valence-electron chi connectivity index (χ1n) is 9.60. The molecule has 25 heavy (non-hydrogen) atoms. The number of hydrogen-bond acceptors (Lipinski definition) is 4. The largest absolute Gasteiger partial charge is 0.381 e. The number of piperidine rings is 2. The summed E-state index contributed by atoms with van der Waals surface area (Å²) in [5.41, 5.74) is 0. The van der Waals surface area contributed by atoms with Gasteiger partial charge in [-0.1, -0.05) is 0 Å². The number of amides is 1. The predicted octanol–water partition coefficient (Wildman–Crippen LogP) is 2.23. The van der Waals surface area contributed by atoms with Crippen LogP contribution in [0.5, 0.6) is 0 Å². The average molecular weight is 396 g/mol. The molecule has 1 atom stereocenters. The summed E-state index contributed by atoms with van der Waals surface area (Å²) < 4.78 is 5.46. The second-order valence-electron chi connectivity index (χ2n) is 7.60. The lowest BCUT2D eigenvalue weighted by molar-refractivity contribution is -0.122. The van der Waals surface area contributed by atoms with Crippen molar-refractivity contribution in [1.29, 1.82) is 0 Å². The van der Waals surface area contributed by atoms with Gasteiger partial charge in [0.15, 0.2) is 0 Å². The smallest absolute Gasteiger partial charge is 0.220 e. The van der Waals surface area contributed by atoms with Gasteiger partial charge < -0.3 is 20.3 Å². The van der Waals surface area contributed by atoms with Crippen molar-refractivity contribution < 1.29 is 9.53 Å². The van der Waals surface area contributed by atoms with Crippen molar-refractivity contribution >= 4 is 30.7 Å². The Kier molecular flexibility index (Phi) is 11.3. The van der Waals surface area contributed by atoms with Crippen LogP contribution in [-0.4, -0.2) is 62.8 Å². The maximum atomic E-state index is 12.2. The summed E-state index contributed by atoms with van der Waals surface area (Å²) in [4.78, 5) is 14.7. The maximum absolute atomic E-state index is 12.2. The van der Waals surface area contributed by atoms with E-state index in [0.717, 1.165) is 70.5 Å². The third-order valence-corrected chi connectivity index (χ3v) is 5.73. The zero-order valence-corrected chi connectivity index (χ0v) is 16.8. The lowest BCUT2D eigenvalue weighted by Crippen LogP contribution is -2.45. The van der Waals surface area contributed by atoms with Crippen molar-refractivity contribution in [1.82, 2.24) is 15.5 Å². The molecular formula is C18H35Cl2N3O2. The van der Waals surface area contributed by atoms with Crippen LogP contribution < -0.4 is 10.6 Å². The van der Waals surface area contributed by atoms with Crippen molar-refractivity contribution in [3.63, 3.8) is 0 Å². The predicted molar refractivity (Wildman–Crippen MR) is 106 cm³/mol. The summed E-state index contributed by atoms with van der Waals surface area (Å²) in [6, 6.07) is 0.395. The van der Waals surface area contributed by atoms with Gasteiger partial charge in [-0.25, -0.2) is 0 Å². The summed E-state index contributed by atoms with van der Waals surface area (Å²) in [5.74, 6) is 1.75. The average Bonchev–Trinajstić information content (AvgIpc) is 3.09. The van der Waals surface area contributed by atoms with E-state index in [1.165, 1.54) is 25.8 Å². The standard InChI is InChI=1S/C18H33N3O2.2ClH/c22-18(2-1-15-3-8-19-9-4-15)20-17-5-10-21(11-6-17)13-16-7-12-23-14-16;;/h15-17,19H,1-14H2,(H,20,22);2*1H. The van der Waals surface area contributed by atoms with Crippen LogP contribution in [0.25, 0.3) is 0 Å². The molecule has 0 aromatic heterocycles. The first-order valence-corrected chi connectivity index (χ1v) is 9.60. The van der Waals surface area contributed by atoms with Crippen molar-refractivity contribution in [2.45, 2.75) is 51.0 Å². The molecule has 3 rings (SSSR count). The molecule has 3 aliphatic heterocycles. The fourth-order valence-electron chi connectivity index (χ4n) is 4.16. The second kappa shape index (κ2) is 12.3. The summed E-state index contributed by atoms with van der Waals surface area (Å²) >= 11 is 0. The minimum atomic E-state index is 0. The number of nitrogens with zero attached hydrogens (tertiary/aromatic N) is 1. The van der Waals surface area contributed by atoms with E-state index in [4.69, 9.17) is 4.74 Å². The molecule has 1 amide bonds. The van der Waals surface area contributed by atoms with E-state index < -0.39 is 0 Å². The molecule has 0 aromatic rings. The fourth-order valence-corrected chi connectivity index (χ4v) is 4.16. The molecule has 3 saturated heterocycles. The molecule has 148 valence electrons. The monoisotopic (exact) mass is 395 g/mol. The minimum absolute atomic E-state index is 0. The molecule has 0 bridgehead atoms. The van der Waals surface area contributed by atoms with E-state index in [1.54, 1.807) is 0 Å². The lowest BCUT2D eigenvalue weighted by Gasteiger charge is -2.33. The first kappa shape index (κ1) is 23.0. The Labute approximate surface area is 164 Å². The van der Waals surface area contributed by atoms with Crippen LogP contribution in [0.15, 0.2) is 0 Å². The quantitative estimate of drug-likeness (QED) is 0.723. The number of ether oxygens (including phenoxy) is 1. The molecule has 1 unspecified atom stereocenters. The van der Waals surface area contributed by atoms with Crippen molar-refractivity contribution in [2.24, 2.45) is 11.8 Å². The van der Waals surface area contributed by atoms with Gasteiger partial charge in [0.25, 0.3) is 0 Å². The molecule has 5 nitrogen and oxygen atoms in total. The summed E-state index contributed by atoms with van der Waals surface area (Å²) in [6.45, 7) is 7.54. The Hall–Kier alpha value is -0.0700. The fraction of sp³-hybridized carbons (Fsp3) is 0.944. The Morgan fingerprint density at radius 2 is 1.76 bits per heavy atom. The molecule has 7 heteroatoms. The number of halogens is 2. The van der Waals surface area contributed by atoms with E-state index in [9.17, 15) is 4.79 Å². The molecule has 3 aliphatic rings. The highest BCUT2D eigenvalue weighted by molar-refractivity contribution is 5.85. The minimum Gasteiger partial charge on any atom is -0.381 e. The van der Waals surface area contributed by atoms with E-state index >= 15 is 0 Å². The number of carbonyl (C=O) groups excluding carboxylic acids is 1. The molecule has 3 heterocycles. The van der Waals surface area contributed by atoms with Gasteiger partial charge in [-0.2, -0.15) is 0 Å². The molecule has 0 spiro atoms. The molecule has 0 radical (unpaired) electrons. The third kappa shape index (κ3) is 8.00. The van der Waals surface area contributed by atoms with E-state index in [0.29, 0.717) is 12.5 Å². The molecule has 0 aliphatic carbocycles. The third-order valence-electron chi connectivity index (χ3n) is 5.73. The van der Waals surface area contributed by atoms with Crippen LogP contribution in [0.3, 0.4) is 0 Å². The maximum Gasteiger partial charge on any atom is 0.220 e. The molecule has 0 saturated carbocycles. The van der Waals surface area contributed by atoms with Crippen LogP contribution in [0.1, 0.15) is 44.9 Å². The highest BCUT2D eigenvalue weighted by Crippen LogP contribution is 2.19. The molecule has 0 aromatic carbocycles. The topological polar surface area (TPSA) is 53.6 Å². The normalized spacial score (nSPS) is 25.8. The zero-order valence-electron chi connectivity index (χ0n) is 15.2. The van der Waals surface area contributed by atoms with Crippen molar-refractivity contribution in [3.05, 3.63) is 0 Å². The van der Waals surface area contributed by atoms with Crippen LogP contribution in [0.4, 0.5) is 0 Å². The number of nitrogens with one attached hydrogen (secondary N) is 2. The summed E-state index contributed by atoms with van der Waals surface area (Å²) in [7, 11) is 0. The van der Waals surface area contributed by atoms with Gasteiger partial charge in [-0.3, -0.25) is 4.79 Å². The Morgan fingerprint density at radius 3 is 2.40 bits per heavy atom.